The molecule has 1 amide bonds. The number of aryl methyl sites for hydroxylation is 3. The summed E-state index contributed by atoms with van der Waals surface area (Å²) >= 11 is 0. The van der Waals surface area contributed by atoms with Crippen LogP contribution in [0.3, 0.4) is 0 Å². The Balaban J connectivity index is 1.46. The van der Waals surface area contributed by atoms with Gasteiger partial charge in [0.1, 0.15) is 5.69 Å². The van der Waals surface area contributed by atoms with Gasteiger partial charge in [0.2, 0.25) is 0 Å². The first kappa shape index (κ1) is 20.6. The molecule has 2 aromatic carbocycles. The number of nitro groups is 1. The van der Waals surface area contributed by atoms with Crippen LogP contribution in [0.4, 0.5) is 11.4 Å². The fourth-order valence-electron chi connectivity index (χ4n) is 4.03. The van der Waals surface area contributed by atoms with E-state index < -0.39 is 23.4 Å². The van der Waals surface area contributed by atoms with Crippen molar-refractivity contribution in [2.75, 3.05) is 11.9 Å². The number of aromatic amines is 1. The lowest BCUT2D eigenvalue weighted by Gasteiger charge is -2.12. The van der Waals surface area contributed by atoms with Crippen molar-refractivity contribution < 1.29 is 19.2 Å². The summed E-state index contributed by atoms with van der Waals surface area (Å²) in [7, 11) is 0. The molecule has 8 heteroatoms. The fourth-order valence-corrected chi connectivity index (χ4v) is 4.03. The van der Waals surface area contributed by atoms with Gasteiger partial charge in [0, 0.05) is 22.7 Å². The summed E-state index contributed by atoms with van der Waals surface area (Å²) in [5, 5.41) is 14.8. The van der Waals surface area contributed by atoms with E-state index in [1.807, 2.05) is 6.07 Å². The van der Waals surface area contributed by atoms with Gasteiger partial charge >= 0.3 is 5.97 Å². The maximum Gasteiger partial charge on any atom is 0.338 e. The monoisotopic (exact) mass is 421 g/mol. The summed E-state index contributed by atoms with van der Waals surface area (Å²) in [5.41, 5.74) is 5.14. The van der Waals surface area contributed by atoms with E-state index in [1.54, 1.807) is 32.0 Å². The molecule has 31 heavy (non-hydrogen) atoms. The summed E-state index contributed by atoms with van der Waals surface area (Å²) in [5.74, 6) is -1.25. The Morgan fingerprint density at radius 1 is 1.16 bits per heavy atom. The van der Waals surface area contributed by atoms with Crippen LogP contribution in [0.5, 0.6) is 0 Å². The van der Waals surface area contributed by atoms with Crippen molar-refractivity contribution in [2.45, 2.75) is 39.5 Å². The van der Waals surface area contributed by atoms with E-state index in [1.165, 1.54) is 17.3 Å². The molecule has 0 saturated heterocycles. The van der Waals surface area contributed by atoms with Gasteiger partial charge in [-0.05, 0) is 74.4 Å². The van der Waals surface area contributed by atoms with Crippen molar-refractivity contribution in [1.29, 1.82) is 0 Å². The van der Waals surface area contributed by atoms with E-state index in [9.17, 15) is 19.7 Å². The van der Waals surface area contributed by atoms with Gasteiger partial charge in [-0.25, -0.2) is 4.79 Å². The molecule has 0 saturated carbocycles. The number of nitrogens with zero attached hydrogens (tertiary/aromatic N) is 1. The number of ether oxygens (including phenoxy) is 1. The molecule has 2 N–H and O–H groups in total. The normalized spacial score (nSPS) is 13.0. The Morgan fingerprint density at radius 3 is 2.71 bits per heavy atom. The molecule has 160 valence electrons. The van der Waals surface area contributed by atoms with Crippen molar-refractivity contribution in [1.82, 2.24) is 4.98 Å². The zero-order chi connectivity index (χ0) is 22.1. The fraction of sp³-hybridized carbons (Fsp3) is 0.304. The third-order valence-corrected chi connectivity index (χ3v) is 5.84. The number of hydrogen-bond acceptors (Lipinski definition) is 5. The number of nitrogens with one attached hydrogen (secondary N) is 2. The Kier molecular flexibility index (Phi) is 5.46. The topological polar surface area (TPSA) is 114 Å². The lowest BCUT2D eigenvalue weighted by Crippen LogP contribution is -2.22. The first-order chi connectivity index (χ1) is 14.8. The third-order valence-electron chi connectivity index (χ3n) is 5.84. The first-order valence-electron chi connectivity index (χ1n) is 10.2. The summed E-state index contributed by atoms with van der Waals surface area (Å²) in [6.07, 6.45) is 4.26. The second-order valence-electron chi connectivity index (χ2n) is 7.83. The average Bonchev–Trinajstić information content (AvgIpc) is 3.13. The van der Waals surface area contributed by atoms with Crippen LogP contribution in [0.1, 0.15) is 45.6 Å². The van der Waals surface area contributed by atoms with Crippen LogP contribution in [0.2, 0.25) is 0 Å². The minimum Gasteiger partial charge on any atom is -0.452 e. The van der Waals surface area contributed by atoms with Crippen LogP contribution in [0, 0.1) is 24.0 Å². The minimum atomic E-state index is -0.634. The molecular formula is C23H23N3O5. The van der Waals surface area contributed by atoms with Crippen LogP contribution in [0.15, 0.2) is 30.3 Å². The maximum absolute atomic E-state index is 12.5. The van der Waals surface area contributed by atoms with E-state index in [0.29, 0.717) is 11.1 Å². The van der Waals surface area contributed by atoms with Gasteiger partial charge in [0.15, 0.2) is 6.61 Å². The van der Waals surface area contributed by atoms with E-state index in [2.05, 4.69) is 10.3 Å². The number of carbonyl (C=O) groups excluding carboxylic acids is 2. The van der Waals surface area contributed by atoms with E-state index in [4.69, 9.17) is 4.74 Å². The highest BCUT2D eigenvalue weighted by Gasteiger charge is 2.21. The number of hydrogen-bond donors (Lipinski definition) is 2. The van der Waals surface area contributed by atoms with E-state index in [-0.39, 0.29) is 11.4 Å². The van der Waals surface area contributed by atoms with Crippen LogP contribution in [0.25, 0.3) is 10.9 Å². The Hall–Kier alpha value is -3.68. The predicted molar refractivity (Wildman–Crippen MR) is 116 cm³/mol. The van der Waals surface area contributed by atoms with Crippen LogP contribution in [-0.2, 0) is 22.4 Å². The van der Waals surface area contributed by atoms with Crippen molar-refractivity contribution >= 4 is 34.2 Å². The highest BCUT2D eigenvalue weighted by atomic mass is 16.6. The molecule has 0 radical (unpaired) electrons. The number of rotatable bonds is 5. The summed E-state index contributed by atoms with van der Waals surface area (Å²) in [6, 6.07) is 8.28. The summed E-state index contributed by atoms with van der Waals surface area (Å²) in [4.78, 5) is 39.0. The third kappa shape index (κ3) is 4.01. The Labute approximate surface area is 178 Å². The Morgan fingerprint density at radius 2 is 1.94 bits per heavy atom. The van der Waals surface area contributed by atoms with Crippen molar-refractivity contribution in [2.24, 2.45) is 0 Å². The first-order valence-corrected chi connectivity index (χ1v) is 10.2. The van der Waals surface area contributed by atoms with Gasteiger partial charge < -0.3 is 15.0 Å². The molecule has 4 rings (SSSR count). The number of aromatic nitrogens is 1. The number of nitro benzene ring substituents is 1. The largest absolute Gasteiger partial charge is 0.452 e. The van der Waals surface area contributed by atoms with Crippen LogP contribution >= 0.6 is 0 Å². The molecule has 8 nitrogen and oxygen atoms in total. The number of amides is 1. The molecule has 1 aliphatic carbocycles. The van der Waals surface area contributed by atoms with E-state index >= 15 is 0 Å². The molecule has 3 aromatic rings. The molecule has 0 unspecified atom stereocenters. The van der Waals surface area contributed by atoms with Crippen LogP contribution in [-0.4, -0.2) is 28.4 Å². The minimum absolute atomic E-state index is 0.117. The molecule has 0 spiro atoms. The smallest absolute Gasteiger partial charge is 0.338 e. The molecule has 0 aliphatic heterocycles. The number of benzene rings is 2. The van der Waals surface area contributed by atoms with Gasteiger partial charge in [0.05, 0.1) is 10.5 Å². The molecule has 0 bridgehead atoms. The zero-order valence-electron chi connectivity index (χ0n) is 17.4. The van der Waals surface area contributed by atoms with Crippen molar-refractivity contribution in [3.63, 3.8) is 0 Å². The average molecular weight is 421 g/mol. The van der Waals surface area contributed by atoms with Gasteiger partial charge in [-0.15, -0.1) is 0 Å². The molecule has 0 atom stereocenters. The van der Waals surface area contributed by atoms with Crippen LogP contribution < -0.4 is 5.32 Å². The highest BCUT2D eigenvalue weighted by molar-refractivity contribution is 5.99. The Bertz CT molecular complexity index is 1210. The molecule has 0 fully saturated rings. The number of esters is 1. The second-order valence-corrected chi connectivity index (χ2v) is 7.83. The number of carbonyl (C=O) groups is 2. The number of fused-ring (bicyclic) bond motifs is 3. The lowest BCUT2D eigenvalue weighted by molar-refractivity contribution is -0.384. The predicted octanol–water partition coefficient (Wildman–Crippen LogP) is 4.37. The zero-order valence-corrected chi connectivity index (χ0v) is 17.4. The molecule has 1 aromatic heterocycles. The van der Waals surface area contributed by atoms with E-state index in [0.717, 1.165) is 42.1 Å². The SMILES string of the molecule is Cc1ccc([N+](=O)[O-])c(NC(=O)COC(=O)c2ccc3[nH]c4c(c3c2)CCCC4)c1C. The standard InChI is InChI=1S/C23H23N3O5/c1-13-7-10-20(26(29)30)22(14(13)2)25-21(27)12-31-23(28)15-8-9-19-17(11-15)16-5-3-4-6-18(16)24-19/h7-11,24H,3-6,12H2,1-2H3,(H,25,27). The summed E-state index contributed by atoms with van der Waals surface area (Å²) < 4.78 is 5.17. The number of H-pyrrole nitrogens is 1. The highest BCUT2D eigenvalue weighted by Crippen LogP contribution is 2.31. The number of anilines is 1. The lowest BCUT2D eigenvalue weighted by atomic mass is 9.95. The molecular weight excluding hydrogens is 398 g/mol. The van der Waals surface area contributed by atoms with Gasteiger partial charge in [-0.1, -0.05) is 6.07 Å². The quantitative estimate of drug-likeness (QED) is 0.361. The van der Waals surface area contributed by atoms with Gasteiger partial charge in [-0.3, -0.25) is 14.9 Å². The second kappa shape index (κ2) is 8.22. The van der Waals surface area contributed by atoms with Crippen molar-refractivity contribution in [3.8, 4) is 0 Å². The maximum atomic E-state index is 12.5. The van der Waals surface area contributed by atoms with Crippen molar-refractivity contribution in [3.05, 3.63) is 68.4 Å². The molecule has 1 aliphatic rings. The molecule has 1 heterocycles. The van der Waals surface area contributed by atoms with Gasteiger partial charge in [-0.2, -0.15) is 0 Å². The summed E-state index contributed by atoms with van der Waals surface area (Å²) in [6.45, 7) is 2.95. The van der Waals surface area contributed by atoms with Gasteiger partial charge in [0.25, 0.3) is 11.6 Å².